The van der Waals surface area contributed by atoms with Crippen molar-refractivity contribution in [2.45, 2.75) is 75.8 Å². The summed E-state index contributed by atoms with van der Waals surface area (Å²) in [7, 11) is 0. The first kappa shape index (κ1) is 31.4. The second-order valence-corrected chi connectivity index (χ2v) is 14.0. The summed E-state index contributed by atoms with van der Waals surface area (Å²) in [4.78, 5) is 59.0. The number of rotatable bonds is 4. The van der Waals surface area contributed by atoms with E-state index in [0.29, 0.717) is 38.8 Å². The minimum absolute atomic E-state index is 0.115. The summed E-state index contributed by atoms with van der Waals surface area (Å²) >= 11 is 0. The standard InChI is InChI=1S/C38H44N4O5/c1-24-31-28(22-25-14-7-5-8-15-25)40-35(45)38(31)27(32-37(24,2)47-32)18-11-3-4-12-20-39-33(43)30-19-13-21-42(30)34(44)29(41-36(38)46)23-26-16-9-6-10-17-26/h4-12,14-18,24,27-32H,3,13,19-23H2,1-2H3,(H,39,43)(H,40,45)(H,41,46)/b12-4-,18-11+/t24-,27?,28-,29+,30-,31?,32-,37+,38+/m0/s1. The Labute approximate surface area is 276 Å². The van der Waals surface area contributed by atoms with Crippen molar-refractivity contribution in [3.8, 4) is 0 Å². The highest BCUT2D eigenvalue weighted by atomic mass is 16.6. The van der Waals surface area contributed by atoms with E-state index in [4.69, 9.17) is 4.74 Å². The molecule has 1 spiro atoms. The Bertz CT molecular complexity index is 1590. The highest BCUT2D eigenvalue weighted by Gasteiger charge is 2.78. The number of benzene rings is 2. The number of carbonyl (C=O) groups is 4. The molecule has 0 aromatic heterocycles. The quantitative estimate of drug-likeness (QED) is 0.271. The third kappa shape index (κ3) is 5.38. The van der Waals surface area contributed by atoms with Gasteiger partial charge in [0, 0.05) is 37.4 Å². The van der Waals surface area contributed by atoms with Crippen LogP contribution >= 0.6 is 0 Å². The Morgan fingerprint density at radius 1 is 0.872 bits per heavy atom. The molecule has 7 rings (SSSR count). The lowest BCUT2D eigenvalue weighted by atomic mass is 9.52. The molecule has 3 saturated heterocycles. The number of nitrogens with zero attached hydrogens (tertiary/aromatic N) is 1. The van der Waals surface area contributed by atoms with Crippen molar-refractivity contribution in [3.05, 3.63) is 96.1 Å². The molecule has 4 heterocycles. The number of allylic oxidation sites excluding steroid dienone is 2. The van der Waals surface area contributed by atoms with Crippen molar-refractivity contribution in [3.63, 3.8) is 0 Å². The number of epoxide rings is 1. The number of hydrogen-bond donors (Lipinski definition) is 3. The van der Waals surface area contributed by atoms with Gasteiger partial charge in [0.15, 0.2) is 0 Å². The number of hydrogen-bond acceptors (Lipinski definition) is 5. The van der Waals surface area contributed by atoms with Gasteiger partial charge >= 0.3 is 0 Å². The summed E-state index contributed by atoms with van der Waals surface area (Å²) in [6.07, 6.45) is 10.2. The van der Waals surface area contributed by atoms with Gasteiger partial charge in [-0.25, -0.2) is 0 Å². The van der Waals surface area contributed by atoms with Crippen LogP contribution in [0.3, 0.4) is 0 Å². The normalized spacial score (nSPS) is 38.2. The van der Waals surface area contributed by atoms with E-state index in [2.05, 4.69) is 29.8 Å². The zero-order chi connectivity index (χ0) is 32.8. The highest BCUT2D eigenvalue weighted by molar-refractivity contribution is 6.09. The van der Waals surface area contributed by atoms with E-state index in [1.807, 2.05) is 85.0 Å². The van der Waals surface area contributed by atoms with E-state index in [-0.39, 0.29) is 48.1 Å². The molecule has 4 aliphatic heterocycles. The van der Waals surface area contributed by atoms with Crippen molar-refractivity contribution in [1.29, 1.82) is 0 Å². The molecular formula is C38H44N4O5. The van der Waals surface area contributed by atoms with E-state index < -0.39 is 34.9 Å². The number of carbonyl (C=O) groups excluding carboxylic acids is 4. The first-order chi connectivity index (χ1) is 22.7. The second-order valence-electron chi connectivity index (χ2n) is 14.0. The molecule has 3 N–H and O–H groups in total. The van der Waals surface area contributed by atoms with Gasteiger partial charge in [-0.1, -0.05) is 91.9 Å². The van der Waals surface area contributed by atoms with E-state index >= 15 is 4.79 Å². The Hall–Kier alpha value is -4.24. The van der Waals surface area contributed by atoms with Crippen molar-refractivity contribution in [1.82, 2.24) is 20.9 Å². The van der Waals surface area contributed by atoms with Crippen molar-refractivity contribution in [2.75, 3.05) is 13.1 Å². The van der Waals surface area contributed by atoms with Crippen LogP contribution in [0, 0.1) is 23.2 Å². The molecule has 9 heteroatoms. The van der Waals surface area contributed by atoms with Crippen LogP contribution in [0.5, 0.6) is 0 Å². The van der Waals surface area contributed by atoms with Crippen LogP contribution < -0.4 is 16.0 Å². The van der Waals surface area contributed by atoms with E-state index in [1.165, 1.54) is 0 Å². The van der Waals surface area contributed by atoms with Crippen LogP contribution in [-0.4, -0.2) is 71.4 Å². The molecule has 246 valence electrons. The summed E-state index contributed by atoms with van der Waals surface area (Å²) in [5.74, 6) is -2.30. The van der Waals surface area contributed by atoms with E-state index in [1.54, 1.807) is 4.90 Å². The van der Waals surface area contributed by atoms with E-state index in [0.717, 1.165) is 11.1 Å². The molecule has 47 heavy (non-hydrogen) atoms. The maximum atomic E-state index is 15.1. The lowest BCUT2D eigenvalue weighted by Crippen LogP contribution is -2.64. The van der Waals surface area contributed by atoms with Crippen LogP contribution in [0.1, 0.15) is 44.2 Å². The third-order valence-corrected chi connectivity index (χ3v) is 11.4. The first-order valence-electron chi connectivity index (χ1n) is 17.0. The van der Waals surface area contributed by atoms with Crippen molar-refractivity contribution >= 4 is 23.6 Å². The monoisotopic (exact) mass is 636 g/mol. The molecule has 5 aliphatic rings. The predicted molar refractivity (Wildman–Crippen MR) is 177 cm³/mol. The first-order valence-corrected chi connectivity index (χ1v) is 17.0. The molecule has 4 amide bonds. The zero-order valence-corrected chi connectivity index (χ0v) is 27.1. The summed E-state index contributed by atoms with van der Waals surface area (Å²) in [6, 6.07) is 17.7. The van der Waals surface area contributed by atoms with Crippen LogP contribution in [0.4, 0.5) is 0 Å². The fraction of sp³-hybridized carbons (Fsp3) is 0.474. The van der Waals surface area contributed by atoms with Gasteiger partial charge in [-0.3, -0.25) is 19.2 Å². The molecule has 0 radical (unpaired) electrons. The van der Waals surface area contributed by atoms with Crippen molar-refractivity contribution < 1.29 is 23.9 Å². The average Bonchev–Trinajstić information content (AvgIpc) is 3.39. The molecule has 0 bridgehead atoms. The average molecular weight is 637 g/mol. The molecule has 1 saturated carbocycles. The largest absolute Gasteiger partial charge is 0.365 e. The molecule has 9 nitrogen and oxygen atoms in total. The fourth-order valence-corrected chi connectivity index (χ4v) is 8.89. The molecule has 4 fully saturated rings. The topological polar surface area (TPSA) is 120 Å². The Balaban J connectivity index is 1.33. The molecule has 9 atom stereocenters. The summed E-state index contributed by atoms with van der Waals surface area (Å²) < 4.78 is 6.44. The molecule has 1 aliphatic carbocycles. The van der Waals surface area contributed by atoms with Gasteiger partial charge in [0.1, 0.15) is 17.5 Å². The number of nitrogens with one attached hydrogen (secondary N) is 3. The summed E-state index contributed by atoms with van der Waals surface area (Å²) in [5, 5.41) is 9.37. The maximum Gasteiger partial charge on any atom is 0.246 e. The van der Waals surface area contributed by atoms with Gasteiger partial charge in [0.2, 0.25) is 23.6 Å². The maximum absolute atomic E-state index is 15.1. The smallest absolute Gasteiger partial charge is 0.246 e. The Morgan fingerprint density at radius 2 is 1.55 bits per heavy atom. The van der Waals surface area contributed by atoms with Gasteiger partial charge in [0.05, 0.1) is 11.7 Å². The van der Waals surface area contributed by atoms with Crippen LogP contribution in [-0.2, 0) is 36.8 Å². The minimum Gasteiger partial charge on any atom is -0.365 e. The van der Waals surface area contributed by atoms with Gasteiger partial charge in [-0.15, -0.1) is 0 Å². The van der Waals surface area contributed by atoms with Crippen LogP contribution in [0.25, 0.3) is 0 Å². The Morgan fingerprint density at radius 3 is 2.28 bits per heavy atom. The van der Waals surface area contributed by atoms with Crippen LogP contribution in [0.2, 0.25) is 0 Å². The van der Waals surface area contributed by atoms with Gasteiger partial charge in [-0.2, -0.15) is 0 Å². The second kappa shape index (κ2) is 12.4. The van der Waals surface area contributed by atoms with Crippen LogP contribution in [0.15, 0.2) is 85.0 Å². The zero-order valence-electron chi connectivity index (χ0n) is 27.1. The minimum atomic E-state index is -1.49. The number of amides is 4. The van der Waals surface area contributed by atoms with Gasteiger partial charge in [-0.05, 0) is 49.7 Å². The van der Waals surface area contributed by atoms with E-state index in [9.17, 15) is 14.4 Å². The molecule has 2 aromatic rings. The lowest BCUT2D eigenvalue weighted by Gasteiger charge is -2.46. The Kier molecular flexibility index (Phi) is 8.28. The SMILES string of the molecule is C[C@H]1C2[C@H](Cc3ccccc3)NC(=O)[C@]23C(=O)N[C@H](Cc2ccccc2)C(=O)N2CCC[C@H]2C(=O)NC/C=C\C/C=C/C3[C@@H]2O[C@]12C. The molecule has 2 aromatic carbocycles. The summed E-state index contributed by atoms with van der Waals surface area (Å²) in [5.41, 5.74) is -0.0155. The van der Waals surface area contributed by atoms with Gasteiger partial charge in [0.25, 0.3) is 0 Å². The fourth-order valence-electron chi connectivity index (χ4n) is 8.89. The predicted octanol–water partition coefficient (Wildman–Crippen LogP) is 3.10. The van der Waals surface area contributed by atoms with Crippen molar-refractivity contribution in [2.24, 2.45) is 23.2 Å². The molecular weight excluding hydrogens is 592 g/mol. The van der Waals surface area contributed by atoms with Gasteiger partial charge < -0.3 is 25.6 Å². The third-order valence-electron chi connectivity index (χ3n) is 11.4. The summed E-state index contributed by atoms with van der Waals surface area (Å²) in [6.45, 7) is 4.98. The number of fused-ring (bicyclic) bond motifs is 3. The highest BCUT2D eigenvalue weighted by Crippen LogP contribution is 2.65. The lowest BCUT2D eigenvalue weighted by molar-refractivity contribution is -0.152. The molecule has 2 unspecified atom stereocenters. The number of ether oxygens (including phenoxy) is 1.